The number of halogens is 1. The molecule has 0 unspecified atom stereocenters. The smallest absolute Gasteiger partial charge is 0.282 e. The van der Waals surface area contributed by atoms with Crippen molar-refractivity contribution in [1.82, 2.24) is 0 Å². The van der Waals surface area contributed by atoms with Gasteiger partial charge in [0.25, 0.3) is 0 Å². The first-order valence-corrected chi connectivity index (χ1v) is 5.59. The summed E-state index contributed by atoms with van der Waals surface area (Å²) < 4.78 is 30.8. The molecule has 0 atom stereocenters. The summed E-state index contributed by atoms with van der Waals surface area (Å²) in [6.45, 7) is 0. The molecule has 0 aliphatic carbocycles. The van der Waals surface area contributed by atoms with Crippen LogP contribution < -0.4 is 0 Å². The summed E-state index contributed by atoms with van der Waals surface area (Å²) in [6, 6.07) is 4.07. The highest BCUT2D eigenvalue weighted by atomic mass is 127. The molecule has 13 heavy (non-hydrogen) atoms. The Bertz CT molecular complexity index is 477. The third-order valence-corrected chi connectivity index (χ3v) is 2.86. The molecule has 0 amide bonds. The Labute approximate surface area is 88.3 Å². The van der Waals surface area contributed by atoms with Crippen LogP contribution in [0.15, 0.2) is 23.1 Å². The molecule has 7 heteroatoms. The van der Waals surface area contributed by atoms with Gasteiger partial charge in [-0.05, 0) is 34.7 Å². The van der Waals surface area contributed by atoms with Gasteiger partial charge in [0.15, 0.2) is 9.87 Å². The van der Waals surface area contributed by atoms with Crippen molar-refractivity contribution in [2.45, 2.75) is 4.90 Å². The van der Waals surface area contributed by atoms with E-state index in [1.54, 1.807) is 6.07 Å². The maximum atomic E-state index is 10.7. The highest BCUT2D eigenvalue weighted by Gasteiger charge is 2.24. The van der Waals surface area contributed by atoms with E-state index in [4.69, 9.17) is 9.95 Å². The Kier molecular flexibility index (Phi) is 2.84. The zero-order valence-corrected chi connectivity index (χ0v) is 9.15. The number of nitrogens with zero attached hydrogens (tertiary/aromatic N) is 2. The molecule has 68 valence electrons. The van der Waals surface area contributed by atoms with Crippen LogP contribution in [0.25, 0.3) is 4.98 Å². The molecule has 5 nitrogen and oxygen atoms in total. The summed E-state index contributed by atoms with van der Waals surface area (Å²) in [5, 5.41) is 8.42. The minimum Gasteiger partial charge on any atom is -0.282 e. The van der Waals surface area contributed by atoms with Gasteiger partial charge in [-0.1, -0.05) is 0 Å². The van der Waals surface area contributed by atoms with E-state index in [-0.39, 0.29) is 5.69 Å². The van der Waals surface area contributed by atoms with Crippen molar-refractivity contribution in [3.05, 3.63) is 26.7 Å². The maximum Gasteiger partial charge on any atom is 0.406 e. The summed E-state index contributed by atoms with van der Waals surface area (Å²) in [5.74, 6) is 0. The van der Waals surface area contributed by atoms with E-state index in [0.717, 1.165) is 0 Å². The second kappa shape index (κ2) is 3.57. The van der Waals surface area contributed by atoms with Crippen LogP contribution in [0.2, 0.25) is 0 Å². The Morgan fingerprint density at radius 1 is 1.46 bits per heavy atom. The Balaban J connectivity index is 3.53. The molecule has 1 N–H and O–H groups in total. The van der Waals surface area contributed by atoms with Gasteiger partial charge in [-0.15, -0.1) is 0 Å². The Morgan fingerprint density at radius 3 is 2.54 bits per heavy atom. The van der Waals surface area contributed by atoms with E-state index in [0.29, 0.717) is 3.57 Å². The van der Waals surface area contributed by atoms with Crippen LogP contribution in [0.4, 0.5) is 5.69 Å². The first-order chi connectivity index (χ1) is 5.95. The van der Waals surface area contributed by atoms with E-state index in [2.05, 4.69) is 4.98 Å². The van der Waals surface area contributed by atoms with Crippen molar-refractivity contribution >= 4 is 38.4 Å². The first kappa shape index (κ1) is 10.4. The van der Waals surface area contributed by atoms with Gasteiger partial charge in [0, 0.05) is 9.64 Å². The lowest BCUT2D eigenvalue weighted by Gasteiger charge is -1.93. The van der Waals surface area contributed by atoms with Crippen LogP contribution in [0.5, 0.6) is 0 Å². The van der Waals surface area contributed by atoms with Gasteiger partial charge in [0.05, 0.1) is 0 Å². The molecule has 0 heterocycles. The molecule has 1 rings (SSSR count). The van der Waals surface area contributed by atoms with Gasteiger partial charge >= 0.3 is 15.8 Å². The molecule has 1 aromatic carbocycles. The standard InChI is InChI=1S/C6H3IN2O3S/c7-4-1-2-5(9-8)6(3-4)13(10,11)12/h1-3H/p+1. The number of hydrogen-bond acceptors (Lipinski definition) is 3. The lowest BCUT2D eigenvalue weighted by Crippen LogP contribution is -1.98. The minimum atomic E-state index is -4.33. The molecule has 0 bridgehead atoms. The summed E-state index contributed by atoms with van der Waals surface area (Å²) in [5.41, 5.74) is -0.178. The zero-order valence-electron chi connectivity index (χ0n) is 6.18. The summed E-state index contributed by atoms with van der Waals surface area (Å²) >= 11 is 1.88. The van der Waals surface area contributed by atoms with Crippen molar-refractivity contribution in [3.8, 4) is 0 Å². The predicted octanol–water partition coefficient (Wildman–Crippen LogP) is 2.02. The maximum absolute atomic E-state index is 10.7. The van der Waals surface area contributed by atoms with Gasteiger partial charge < -0.3 is 0 Å². The summed E-state index contributed by atoms with van der Waals surface area (Å²) in [7, 11) is -4.33. The fourth-order valence-corrected chi connectivity index (χ4v) is 2.13. The van der Waals surface area contributed by atoms with Crippen molar-refractivity contribution in [1.29, 1.82) is 5.39 Å². The van der Waals surface area contributed by atoms with Crippen LogP contribution in [0.1, 0.15) is 0 Å². The fourth-order valence-electron chi connectivity index (χ4n) is 0.777. The van der Waals surface area contributed by atoms with Gasteiger partial charge in [-0.2, -0.15) is 8.42 Å². The van der Waals surface area contributed by atoms with Crippen LogP contribution in [-0.4, -0.2) is 13.0 Å². The minimum absolute atomic E-state index is 0.178. The molecule has 0 aliphatic rings. The van der Waals surface area contributed by atoms with Crippen LogP contribution >= 0.6 is 22.6 Å². The average molecular weight is 311 g/mol. The highest BCUT2D eigenvalue weighted by Crippen LogP contribution is 2.25. The number of diazo groups is 1. The lowest BCUT2D eigenvalue weighted by atomic mass is 10.3. The monoisotopic (exact) mass is 311 g/mol. The number of rotatable bonds is 1. The van der Waals surface area contributed by atoms with Gasteiger partial charge in [0.2, 0.25) is 5.39 Å². The molecule has 0 saturated heterocycles. The topological polar surface area (TPSA) is 82.5 Å². The molecule has 0 spiro atoms. The molecule has 0 aromatic heterocycles. The highest BCUT2D eigenvalue weighted by molar-refractivity contribution is 14.1. The van der Waals surface area contributed by atoms with Crippen LogP contribution in [0, 0.1) is 8.96 Å². The number of benzene rings is 1. The van der Waals surface area contributed by atoms with Crippen molar-refractivity contribution in [3.63, 3.8) is 0 Å². The Hall–Kier alpha value is -0.720. The second-order valence-corrected chi connectivity index (χ2v) is 4.82. The number of hydrogen-bond donors (Lipinski definition) is 1. The molecular formula is C6H4IN2O3S+. The fraction of sp³-hybridized carbons (Fsp3) is 0. The Morgan fingerprint density at radius 2 is 2.08 bits per heavy atom. The summed E-state index contributed by atoms with van der Waals surface area (Å²) in [6.07, 6.45) is 0. The first-order valence-electron chi connectivity index (χ1n) is 3.07. The van der Waals surface area contributed by atoms with E-state index >= 15 is 0 Å². The van der Waals surface area contributed by atoms with E-state index in [9.17, 15) is 8.42 Å². The van der Waals surface area contributed by atoms with E-state index in [1.807, 2.05) is 22.6 Å². The molecule has 0 fully saturated rings. The molecule has 0 aliphatic heterocycles. The normalized spacial score (nSPS) is 10.8. The summed E-state index contributed by atoms with van der Waals surface area (Å²) in [4.78, 5) is 2.33. The average Bonchev–Trinajstić information content (AvgIpc) is 2.03. The second-order valence-electron chi connectivity index (χ2n) is 2.19. The van der Waals surface area contributed by atoms with Gasteiger partial charge in [-0.25, -0.2) is 0 Å². The van der Waals surface area contributed by atoms with Crippen LogP contribution in [0.3, 0.4) is 0 Å². The van der Waals surface area contributed by atoms with Crippen LogP contribution in [-0.2, 0) is 10.1 Å². The quantitative estimate of drug-likeness (QED) is 0.489. The van der Waals surface area contributed by atoms with Gasteiger partial charge in [-0.3, -0.25) is 4.55 Å². The zero-order chi connectivity index (χ0) is 10.1. The predicted molar refractivity (Wildman–Crippen MR) is 53.7 cm³/mol. The van der Waals surface area contributed by atoms with Crippen molar-refractivity contribution in [2.75, 3.05) is 0 Å². The molecular weight excluding hydrogens is 307 g/mol. The van der Waals surface area contributed by atoms with E-state index < -0.39 is 15.0 Å². The largest absolute Gasteiger partial charge is 0.406 e. The molecule has 0 saturated carbocycles. The molecule has 0 radical (unpaired) electrons. The lowest BCUT2D eigenvalue weighted by molar-refractivity contribution is 0.483. The molecule has 1 aromatic rings. The van der Waals surface area contributed by atoms with E-state index in [1.165, 1.54) is 12.1 Å². The van der Waals surface area contributed by atoms with Gasteiger partial charge in [0.1, 0.15) is 0 Å². The van der Waals surface area contributed by atoms with Crippen molar-refractivity contribution in [2.24, 2.45) is 0 Å². The SMILES string of the molecule is N#[N+]c1ccc(I)cc1S(=O)(=O)O. The van der Waals surface area contributed by atoms with Crippen molar-refractivity contribution < 1.29 is 13.0 Å². The third kappa shape index (κ3) is 2.36. The third-order valence-electron chi connectivity index (χ3n) is 1.31.